The Balaban J connectivity index is 1.62. The second-order valence-electron chi connectivity index (χ2n) is 6.57. The number of aliphatic hydroxyl groups is 1. The van der Waals surface area contributed by atoms with Gasteiger partial charge in [-0.1, -0.05) is 24.6 Å². The maximum absolute atomic E-state index is 12.6. The third kappa shape index (κ3) is 3.80. The average Bonchev–Trinajstić information content (AvgIpc) is 3.22. The number of aromatic amines is 1. The molecule has 1 aromatic carbocycles. The van der Waals surface area contributed by atoms with Gasteiger partial charge >= 0.3 is 0 Å². The summed E-state index contributed by atoms with van der Waals surface area (Å²) in [4.78, 5) is 29.4. The zero-order chi connectivity index (χ0) is 18.0. The van der Waals surface area contributed by atoms with Crippen LogP contribution in [0.25, 0.3) is 10.9 Å². The lowest BCUT2D eigenvalue weighted by molar-refractivity contribution is -0.130. The minimum atomic E-state index is -0.432. The fraction of sp³-hybridized carbons (Fsp3) is 0.444. The highest BCUT2D eigenvalue weighted by molar-refractivity contribution is 6.35. The maximum atomic E-state index is 12.6. The summed E-state index contributed by atoms with van der Waals surface area (Å²) >= 11 is 6.26. The number of nitrogens with one attached hydrogen (secondary N) is 2. The summed E-state index contributed by atoms with van der Waals surface area (Å²) in [6, 6.07) is 5.56. The molecule has 0 saturated carbocycles. The Morgan fingerprint density at radius 2 is 2.28 bits per heavy atom. The van der Waals surface area contributed by atoms with E-state index in [-0.39, 0.29) is 30.9 Å². The second-order valence-corrected chi connectivity index (χ2v) is 6.98. The number of H-pyrrole nitrogens is 1. The first-order valence-electron chi connectivity index (χ1n) is 8.43. The normalized spacial score (nSPS) is 18.5. The molecule has 2 amide bonds. The highest BCUT2D eigenvalue weighted by atomic mass is 35.5. The molecule has 3 rings (SSSR count). The summed E-state index contributed by atoms with van der Waals surface area (Å²) in [7, 11) is 0. The molecule has 0 spiro atoms. The van der Waals surface area contributed by atoms with E-state index in [0.717, 1.165) is 22.9 Å². The van der Waals surface area contributed by atoms with E-state index in [2.05, 4.69) is 10.3 Å². The molecule has 1 aliphatic heterocycles. The van der Waals surface area contributed by atoms with Crippen molar-refractivity contribution in [3.63, 3.8) is 0 Å². The predicted octanol–water partition coefficient (Wildman–Crippen LogP) is 1.71. The molecule has 0 aliphatic carbocycles. The number of aliphatic hydroxyl groups excluding tert-OH is 1. The fourth-order valence-corrected chi connectivity index (χ4v) is 3.45. The van der Waals surface area contributed by atoms with E-state index in [1.807, 2.05) is 24.4 Å². The van der Waals surface area contributed by atoms with Crippen LogP contribution in [0.4, 0.5) is 0 Å². The Morgan fingerprint density at radius 3 is 3.04 bits per heavy atom. The number of hydrogen-bond donors (Lipinski definition) is 3. The van der Waals surface area contributed by atoms with E-state index < -0.39 is 5.92 Å². The minimum Gasteiger partial charge on any atom is -0.396 e. The molecule has 3 N–H and O–H groups in total. The quantitative estimate of drug-likeness (QED) is 0.756. The number of fused-ring (bicyclic) bond motifs is 1. The standard InChI is InChI=1S/C18H22ClN3O3/c1-11(10-23)18(25)21-13-5-6-22(9-13)16(24)7-12-8-20-15-4-2-3-14(19)17(12)15/h2-4,8,11,13,20,23H,5-7,9-10H2,1H3,(H,21,25). The van der Waals surface area contributed by atoms with Gasteiger partial charge < -0.3 is 20.3 Å². The summed E-state index contributed by atoms with van der Waals surface area (Å²) in [5.41, 5.74) is 1.80. The lowest BCUT2D eigenvalue weighted by Crippen LogP contribution is -2.41. The number of likely N-dealkylation sites (tertiary alicyclic amines) is 1. The molecule has 0 bridgehead atoms. The van der Waals surface area contributed by atoms with Crippen molar-refractivity contribution < 1.29 is 14.7 Å². The van der Waals surface area contributed by atoms with Gasteiger partial charge in [-0.2, -0.15) is 0 Å². The van der Waals surface area contributed by atoms with Gasteiger partial charge in [-0.3, -0.25) is 9.59 Å². The number of rotatable bonds is 5. The molecule has 1 aromatic heterocycles. The zero-order valence-corrected chi connectivity index (χ0v) is 14.8. The summed E-state index contributed by atoms with van der Waals surface area (Å²) < 4.78 is 0. The molecule has 1 fully saturated rings. The van der Waals surface area contributed by atoms with Crippen LogP contribution in [0, 0.1) is 5.92 Å². The number of carbonyl (C=O) groups excluding carboxylic acids is 2. The molecule has 1 aliphatic rings. The lowest BCUT2D eigenvalue weighted by Gasteiger charge is -2.18. The van der Waals surface area contributed by atoms with Crippen molar-refractivity contribution in [2.45, 2.75) is 25.8 Å². The highest BCUT2D eigenvalue weighted by Gasteiger charge is 2.28. The van der Waals surface area contributed by atoms with E-state index in [1.165, 1.54) is 0 Å². The van der Waals surface area contributed by atoms with Crippen LogP contribution in [-0.2, 0) is 16.0 Å². The molecule has 134 valence electrons. The van der Waals surface area contributed by atoms with Gasteiger partial charge in [0.15, 0.2) is 0 Å². The molecule has 6 nitrogen and oxygen atoms in total. The van der Waals surface area contributed by atoms with Crippen LogP contribution in [0.3, 0.4) is 0 Å². The molecular formula is C18H22ClN3O3. The Hall–Kier alpha value is -2.05. The van der Waals surface area contributed by atoms with Crippen molar-refractivity contribution in [3.05, 3.63) is 35.0 Å². The molecule has 0 radical (unpaired) electrons. The summed E-state index contributed by atoms with van der Waals surface area (Å²) in [6.45, 7) is 2.61. The van der Waals surface area contributed by atoms with Crippen LogP contribution in [0.15, 0.2) is 24.4 Å². The topological polar surface area (TPSA) is 85.4 Å². The molecule has 7 heteroatoms. The molecule has 1 saturated heterocycles. The second kappa shape index (κ2) is 7.45. The Morgan fingerprint density at radius 1 is 1.48 bits per heavy atom. The van der Waals surface area contributed by atoms with Crippen molar-refractivity contribution >= 4 is 34.3 Å². The first kappa shape index (κ1) is 17.8. The van der Waals surface area contributed by atoms with E-state index in [4.69, 9.17) is 16.7 Å². The number of amides is 2. The van der Waals surface area contributed by atoms with Crippen molar-refractivity contribution in [1.82, 2.24) is 15.2 Å². The SMILES string of the molecule is CC(CO)C(=O)NC1CCN(C(=O)Cc2c[nH]c3cccc(Cl)c23)C1. The molecule has 25 heavy (non-hydrogen) atoms. The summed E-state index contributed by atoms with van der Waals surface area (Å²) in [5.74, 6) is -0.587. The highest BCUT2D eigenvalue weighted by Crippen LogP contribution is 2.27. The van der Waals surface area contributed by atoms with Gasteiger partial charge in [0.05, 0.1) is 24.0 Å². The van der Waals surface area contributed by atoms with Gasteiger partial charge in [0.25, 0.3) is 0 Å². The molecule has 2 heterocycles. The van der Waals surface area contributed by atoms with Gasteiger partial charge in [-0.15, -0.1) is 0 Å². The third-order valence-corrected chi connectivity index (χ3v) is 5.00. The van der Waals surface area contributed by atoms with Crippen molar-refractivity contribution in [2.24, 2.45) is 5.92 Å². The van der Waals surface area contributed by atoms with E-state index in [9.17, 15) is 9.59 Å². The van der Waals surface area contributed by atoms with Crippen LogP contribution in [0.1, 0.15) is 18.9 Å². The van der Waals surface area contributed by atoms with Gasteiger partial charge in [0, 0.05) is 36.2 Å². The van der Waals surface area contributed by atoms with Crippen molar-refractivity contribution in [1.29, 1.82) is 0 Å². The summed E-state index contributed by atoms with van der Waals surface area (Å²) in [5, 5.41) is 13.4. The number of carbonyl (C=O) groups is 2. The number of nitrogens with zero attached hydrogens (tertiary/aromatic N) is 1. The van der Waals surface area contributed by atoms with E-state index in [0.29, 0.717) is 18.1 Å². The first-order chi connectivity index (χ1) is 12.0. The molecule has 2 atom stereocenters. The average molecular weight is 364 g/mol. The van der Waals surface area contributed by atoms with Crippen molar-refractivity contribution in [3.8, 4) is 0 Å². The van der Waals surface area contributed by atoms with Crippen LogP contribution in [0.5, 0.6) is 0 Å². The van der Waals surface area contributed by atoms with Crippen LogP contribution in [0.2, 0.25) is 5.02 Å². The summed E-state index contributed by atoms with van der Waals surface area (Å²) in [6.07, 6.45) is 2.83. The lowest BCUT2D eigenvalue weighted by atomic mass is 10.1. The minimum absolute atomic E-state index is 0.0211. The zero-order valence-electron chi connectivity index (χ0n) is 14.1. The number of halogens is 1. The number of aromatic nitrogens is 1. The van der Waals surface area contributed by atoms with Gasteiger partial charge in [0.1, 0.15) is 0 Å². The Kier molecular flexibility index (Phi) is 5.30. The molecular weight excluding hydrogens is 342 g/mol. The fourth-order valence-electron chi connectivity index (χ4n) is 3.15. The van der Waals surface area contributed by atoms with Gasteiger partial charge in [-0.05, 0) is 24.1 Å². The predicted molar refractivity (Wildman–Crippen MR) is 96.4 cm³/mol. The Bertz CT molecular complexity index is 789. The van der Waals surface area contributed by atoms with E-state index in [1.54, 1.807) is 11.8 Å². The largest absolute Gasteiger partial charge is 0.396 e. The van der Waals surface area contributed by atoms with Crippen LogP contribution < -0.4 is 5.32 Å². The first-order valence-corrected chi connectivity index (χ1v) is 8.81. The van der Waals surface area contributed by atoms with E-state index >= 15 is 0 Å². The van der Waals surface area contributed by atoms with Crippen LogP contribution >= 0.6 is 11.6 Å². The smallest absolute Gasteiger partial charge is 0.227 e. The maximum Gasteiger partial charge on any atom is 0.227 e. The number of benzene rings is 1. The van der Waals surface area contributed by atoms with Gasteiger partial charge in [0.2, 0.25) is 11.8 Å². The monoisotopic (exact) mass is 363 g/mol. The van der Waals surface area contributed by atoms with Crippen LogP contribution in [-0.4, -0.2) is 52.5 Å². The molecule has 2 aromatic rings. The Labute approximate surface area is 151 Å². The van der Waals surface area contributed by atoms with Crippen molar-refractivity contribution in [2.75, 3.05) is 19.7 Å². The number of hydrogen-bond acceptors (Lipinski definition) is 3. The third-order valence-electron chi connectivity index (χ3n) is 4.69. The van der Waals surface area contributed by atoms with Gasteiger partial charge in [-0.25, -0.2) is 0 Å². The molecule has 2 unspecified atom stereocenters.